The Morgan fingerprint density at radius 3 is 2.63 bits per heavy atom. The predicted molar refractivity (Wildman–Crippen MR) is 112 cm³/mol. The summed E-state index contributed by atoms with van der Waals surface area (Å²) in [7, 11) is 0. The summed E-state index contributed by atoms with van der Waals surface area (Å²) in [6, 6.07) is 6.60. The van der Waals surface area contributed by atoms with Gasteiger partial charge in [0.15, 0.2) is 0 Å². The molecule has 154 valence electrons. The lowest BCUT2D eigenvalue weighted by atomic mass is 10.1. The van der Waals surface area contributed by atoms with Gasteiger partial charge in [-0.15, -0.1) is 24.8 Å². The highest BCUT2D eigenvalue weighted by Crippen LogP contribution is 2.11. The van der Waals surface area contributed by atoms with E-state index in [1.807, 2.05) is 0 Å². The Hall–Kier alpha value is -1.38. The first-order valence-corrected chi connectivity index (χ1v) is 8.86. The fraction of sp³-hybridized carbons (Fsp3) is 0.556. The molecule has 0 aliphatic carbocycles. The molecule has 0 saturated carbocycles. The fourth-order valence-electron chi connectivity index (χ4n) is 2.67. The Kier molecular flexibility index (Phi) is 13.0. The third-order valence-electron chi connectivity index (χ3n) is 4.24. The number of morpholine rings is 1. The van der Waals surface area contributed by atoms with Crippen molar-refractivity contribution in [2.24, 2.45) is 0 Å². The monoisotopic (exact) mass is 420 g/mol. The van der Waals surface area contributed by atoms with Crippen LogP contribution in [0.1, 0.15) is 24.2 Å². The molecule has 1 aromatic rings. The first-order chi connectivity index (χ1) is 12.1. The SMILES string of the molecule is CCN(CC)CCNC(=O)c1cccc(NC(=O)C2COCCN2)c1.Cl.Cl. The second kappa shape index (κ2) is 13.7. The molecular weight excluding hydrogens is 391 g/mol. The van der Waals surface area contributed by atoms with Gasteiger partial charge in [0.25, 0.3) is 5.91 Å². The Morgan fingerprint density at radius 1 is 1.26 bits per heavy atom. The lowest BCUT2D eigenvalue weighted by molar-refractivity contribution is -0.120. The number of halogens is 2. The smallest absolute Gasteiger partial charge is 0.251 e. The van der Waals surface area contributed by atoms with Crippen LogP contribution in [0.15, 0.2) is 24.3 Å². The predicted octanol–water partition coefficient (Wildman–Crippen LogP) is 1.53. The van der Waals surface area contributed by atoms with Gasteiger partial charge in [-0.25, -0.2) is 0 Å². The third kappa shape index (κ3) is 8.45. The van der Waals surface area contributed by atoms with Crippen molar-refractivity contribution in [3.8, 4) is 0 Å². The molecule has 1 aliphatic rings. The van der Waals surface area contributed by atoms with Crippen molar-refractivity contribution in [1.82, 2.24) is 15.5 Å². The fourth-order valence-corrected chi connectivity index (χ4v) is 2.67. The number of hydrogen-bond donors (Lipinski definition) is 3. The molecule has 1 aliphatic heterocycles. The van der Waals surface area contributed by atoms with Crippen molar-refractivity contribution in [3.05, 3.63) is 29.8 Å². The molecule has 0 bridgehead atoms. The maximum absolute atomic E-state index is 12.3. The average molecular weight is 421 g/mol. The molecule has 0 radical (unpaired) electrons. The van der Waals surface area contributed by atoms with Crippen molar-refractivity contribution >= 4 is 42.3 Å². The van der Waals surface area contributed by atoms with Crippen LogP contribution in [0.3, 0.4) is 0 Å². The van der Waals surface area contributed by atoms with Crippen LogP contribution in [-0.4, -0.2) is 68.7 Å². The molecular formula is C18H30Cl2N4O3. The molecule has 0 aromatic heterocycles. The third-order valence-corrected chi connectivity index (χ3v) is 4.24. The normalized spacial score (nSPS) is 16.0. The summed E-state index contributed by atoms with van der Waals surface area (Å²) in [6.45, 7) is 9.19. The average Bonchev–Trinajstić information content (AvgIpc) is 2.66. The molecule has 1 saturated heterocycles. The minimum Gasteiger partial charge on any atom is -0.378 e. The van der Waals surface area contributed by atoms with Crippen molar-refractivity contribution in [1.29, 1.82) is 0 Å². The first-order valence-electron chi connectivity index (χ1n) is 8.86. The zero-order valence-corrected chi connectivity index (χ0v) is 17.5. The number of ether oxygens (including phenoxy) is 1. The van der Waals surface area contributed by atoms with Crippen molar-refractivity contribution in [3.63, 3.8) is 0 Å². The molecule has 3 N–H and O–H groups in total. The van der Waals surface area contributed by atoms with Crippen molar-refractivity contribution in [2.75, 3.05) is 51.3 Å². The minimum atomic E-state index is -0.361. The summed E-state index contributed by atoms with van der Waals surface area (Å²) in [5.41, 5.74) is 1.14. The number of benzene rings is 1. The lowest BCUT2D eigenvalue weighted by Gasteiger charge is -2.23. The number of likely N-dealkylation sites (N-methyl/N-ethyl adjacent to an activating group) is 1. The van der Waals surface area contributed by atoms with Crippen LogP contribution in [0, 0.1) is 0 Å². The van der Waals surface area contributed by atoms with Gasteiger partial charge >= 0.3 is 0 Å². The molecule has 2 amide bonds. The van der Waals surface area contributed by atoms with E-state index in [9.17, 15) is 9.59 Å². The van der Waals surface area contributed by atoms with E-state index in [1.165, 1.54) is 0 Å². The number of carbonyl (C=O) groups is 2. The number of hydrogen-bond acceptors (Lipinski definition) is 5. The van der Waals surface area contributed by atoms with Crippen LogP contribution in [-0.2, 0) is 9.53 Å². The molecule has 7 nitrogen and oxygen atoms in total. The van der Waals surface area contributed by atoms with Crippen LogP contribution < -0.4 is 16.0 Å². The second-order valence-electron chi connectivity index (χ2n) is 5.93. The van der Waals surface area contributed by atoms with Crippen LogP contribution in [0.25, 0.3) is 0 Å². The molecule has 1 atom stereocenters. The van der Waals surface area contributed by atoms with Crippen molar-refractivity contribution in [2.45, 2.75) is 19.9 Å². The van der Waals surface area contributed by atoms with Gasteiger partial charge in [0.2, 0.25) is 5.91 Å². The van der Waals surface area contributed by atoms with Crippen LogP contribution in [0.5, 0.6) is 0 Å². The number of amides is 2. The maximum Gasteiger partial charge on any atom is 0.251 e. The number of carbonyl (C=O) groups excluding carboxylic acids is 2. The van der Waals surface area contributed by atoms with Crippen LogP contribution in [0.4, 0.5) is 5.69 Å². The number of nitrogens with one attached hydrogen (secondary N) is 3. The van der Waals surface area contributed by atoms with Gasteiger partial charge in [0, 0.05) is 30.9 Å². The number of rotatable bonds is 8. The quantitative estimate of drug-likeness (QED) is 0.593. The summed E-state index contributed by atoms with van der Waals surface area (Å²) in [4.78, 5) is 26.7. The number of anilines is 1. The molecule has 2 rings (SSSR count). The summed E-state index contributed by atoms with van der Waals surface area (Å²) < 4.78 is 5.29. The van der Waals surface area contributed by atoms with Gasteiger partial charge in [-0.05, 0) is 31.3 Å². The highest BCUT2D eigenvalue weighted by Gasteiger charge is 2.21. The van der Waals surface area contributed by atoms with Crippen LogP contribution >= 0.6 is 24.8 Å². The Labute approximate surface area is 173 Å². The van der Waals surface area contributed by atoms with E-state index in [1.54, 1.807) is 24.3 Å². The summed E-state index contributed by atoms with van der Waals surface area (Å²) in [5, 5.41) is 8.85. The van der Waals surface area contributed by atoms with E-state index in [-0.39, 0.29) is 42.7 Å². The van der Waals surface area contributed by atoms with Gasteiger partial charge < -0.3 is 25.6 Å². The Morgan fingerprint density at radius 2 is 2.00 bits per heavy atom. The van der Waals surface area contributed by atoms with Crippen molar-refractivity contribution < 1.29 is 14.3 Å². The van der Waals surface area contributed by atoms with Gasteiger partial charge in [0.05, 0.1) is 13.2 Å². The summed E-state index contributed by atoms with van der Waals surface area (Å²) in [5.74, 6) is -0.291. The van der Waals surface area contributed by atoms with Gasteiger partial charge in [-0.2, -0.15) is 0 Å². The largest absolute Gasteiger partial charge is 0.378 e. The number of nitrogens with zero attached hydrogens (tertiary/aromatic N) is 1. The Balaban J connectivity index is 0.00000338. The maximum atomic E-state index is 12.3. The molecule has 9 heteroatoms. The topological polar surface area (TPSA) is 82.7 Å². The zero-order chi connectivity index (χ0) is 18.1. The van der Waals surface area contributed by atoms with Gasteiger partial charge in [-0.3, -0.25) is 9.59 Å². The molecule has 27 heavy (non-hydrogen) atoms. The zero-order valence-electron chi connectivity index (χ0n) is 15.8. The Bertz CT molecular complexity index is 579. The highest BCUT2D eigenvalue weighted by molar-refractivity contribution is 5.98. The molecule has 1 heterocycles. The minimum absolute atomic E-state index is 0. The van der Waals surface area contributed by atoms with Crippen LogP contribution in [0.2, 0.25) is 0 Å². The van der Waals surface area contributed by atoms with E-state index in [0.29, 0.717) is 37.6 Å². The molecule has 0 spiro atoms. The van der Waals surface area contributed by atoms with E-state index in [0.717, 1.165) is 19.6 Å². The first kappa shape index (κ1) is 25.6. The molecule has 1 unspecified atom stereocenters. The van der Waals surface area contributed by atoms with Gasteiger partial charge in [-0.1, -0.05) is 19.9 Å². The standard InChI is InChI=1S/C18H28N4O3.2ClH/c1-3-22(4-2)10-8-20-17(23)14-6-5-7-15(12-14)21-18(24)16-13-25-11-9-19-16;;/h5-7,12,16,19H,3-4,8-11,13H2,1-2H3,(H,20,23)(H,21,24);2*1H. The van der Waals surface area contributed by atoms with Gasteiger partial charge in [0.1, 0.15) is 6.04 Å². The molecule has 1 aromatic carbocycles. The highest BCUT2D eigenvalue weighted by atomic mass is 35.5. The summed E-state index contributed by atoms with van der Waals surface area (Å²) >= 11 is 0. The molecule has 1 fully saturated rings. The summed E-state index contributed by atoms with van der Waals surface area (Å²) in [6.07, 6.45) is 0. The lowest BCUT2D eigenvalue weighted by Crippen LogP contribution is -2.48. The van der Waals surface area contributed by atoms with E-state index in [4.69, 9.17) is 4.74 Å². The van der Waals surface area contributed by atoms with E-state index >= 15 is 0 Å². The second-order valence-corrected chi connectivity index (χ2v) is 5.93. The van der Waals surface area contributed by atoms with E-state index < -0.39 is 0 Å². The van der Waals surface area contributed by atoms with E-state index in [2.05, 4.69) is 34.7 Å².